The summed E-state index contributed by atoms with van der Waals surface area (Å²) in [4.78, 5) is 24.0. The van der Waals surface area contributed by atoms with Crippen LogP contribution in [0.3, 0.4) is 0 Å². The number of hydrogen-bond donors (Lipinski definition) is 1. The first kappa shape index (κ1) is 11.3. The molecule has 1 saturated heterocycles. The Bertz CT molecular complexity index is 307. The summed E-state index contributed by atoms with van der Waals surface area (Å²) in [6.07, 6.45) is 2.42. The van der Waals surface area contributed by atoms with Crippen LogP contribution in [0, 0.1) is 0 Å². The molecule has 0 unspecified atom stereocenters. The largest absolute Gasteiger partial charge is 0.362 e. The molecule has 1 aliphatic heterocycles. The predicted molar refractivity (Wildman–Crippen MR) is 57.7 cm³/mol. The average Bonchev–Trinajstić information content (AvgIpc) is 3.04. The Kier molecular flexibility index (Phi) is 3.36. The third kappa shape index (κ3) is 2.90. The summed E-state index contributed by atoms with van der Waals surface area (Å²) in [6.45, 7) is 4.83. The summed E-state index contributed by atoms with van der Waals surface area (Å²) in [5, 5.41) is 3.30. The SMILES string of the molecule is C=C(CNC1CC1)CN1C(=O)COCC1=O. The number of hydrogen-bond acceptors (Lipinski definition) is 4. The molecule has 0 bridgehead atoms. The second-order valence-electron chi connectivity index (χ2n) is 4.27. The van der Waals surface area contributed by atoms with Gasteiger partial charge in [0.15, 0.2) is 0 Å². The zero-order valence-electron chi connectivity index (χ0n) is 9.20. The topological polar surface area (TPSA) is 58.6 Å². The van der Waals surface area contributed by atoms with Crippen molar-refractivity contribution in [3.63, 3.8) is 0 Å². The van der Waals surface area contributed by atoms with Crippen molar-refractivity contribution in [3.8, 4) is 0 Å². The summed E-state index contributed by atoms with van der Waals surface area (Å²) >= 11 is 0. The molecule has 0 spiro atoms. The summed E-state index contributed by atoms with van der Waals surface area (Å²) in [5.41, 5.74) is 0.857. The molecule has 2 rings (SSSR count). The number of carbonyl (C=O) groups is 2. The maximum Gasteiger partial charge on any atom is 0.255 e. The van der Waals surface area contributed by atoms with Gasteiger partial charge in [-0.1, -0.05) is 6.58 Å². The highest BCUT2D eigenvalue weighted by atomic mass is 16.5. The third-order valence-corrected chi connectivity index (χ3v) is 2.65. The lowest BCUT2D eigenvalue weighted by Crippen LogP contribution is -2.47. The minimum absolute atomic E-state index is 0.00489. The van der Waals surface area contributed by atoms with Crippen LogP contribution in [0.2, 0.25) is 0 Å². The number of morpholine rings is 1. The van der Waals surface area contributed by atoms with Gasteiger partial charge in [-0.05, 0) is 18.4 Å². The van der Waals surface area contributed by atoms with Crippen molar-refractivity contribution in [1.29, 1.82) is 0 Å². The minimum Gasteiger partial charge on any atom is -0.362 e. The molecule has 5 nitrogen and oxygen atoms in total. The van der Waals surface area contributed by atoms with E-state index in [1.807, 2.05) is 0 Å². The lowest BCUT2D eigenvalue weighted by atomic mass is 10.2. The monoisotopic (exact) mass is 224 g/mol. The van der Waals surface area contributed by atoms with Crippen LogP contribution < -0.4 is 5.32 Å². The fourth-order valence-corrected chi connectivity index (χ4v) is 1.55. The van der Waals surface area contributed by atoms with Gasteiger partial charge in [0.2, 0.25) is 0 Å². The smallest absolute Gasteiger partial charge is 0.255 e. The van der Waals surface area contributed by atoms with E-state index in [0.29, 0.717) is 19.1 Å². The van der Waals surface area contributed by atoms with Gasteiger partial charge in [0.05, 0.1) is 6.54 Å². The Hall–Kier alpha value is -1.20. The van der Waals surface area contributed by atoms with Gasteiger partial charge in [-0.2, -0.15) is 0 Å². The van der Waals surface area contributed by atoms with Gasteiger partial charge in [-0.25, -0.2) is 0 Å². The first-order valence-electron chi connectivity index (χ1n) is 5.48. The van der Waals surface area contributed by atoms with Crippen LogP contribution >= 0.6 is 0 Å². The number of nitrogens with zero attached hydrogens (tertiary/aromatic N) is 1. The van der Waals surface area contributed by atoms with Crippen molar-refractivity contribution in [3.05, 3.63) is 12.2 Å². The van der Waals surface area contributed by atoms with Crippen LogP contribution in [0.4, 0.5) is 0 Å². The van der Waals surface area contributed by atoms with Crippen LogP contribution in [0.1, 0.15) is 12.8 Å². The van der Waals surface area contributed by atoms with Crippen molar-refractivity contribution >= 4 is 11.8 Å². The second-order valence-corrected chi connectivity index (χ2v) is 4.27. The van der Waals surface area contributed by atoms with Crippen molar-refractivity contribution in [1.82, 2.24) is 10.2 Å². The molecule has 1 heterocycles. The molecule has 2 fully saturated rings. The number of nitrogens with one attached hydrogen (secondary N) is 1. The molecular formula is C11H16N2O3. The molecule has 2 amide bonds. The summed E-state index contributed by atoms with van der Waals surface area (Å²) in [6, 6.07) is 0.604. The van der Waals surface area contributed by atoms with Crippen molar-refractivity contribution in [2.24, 2.45) is 0 Å². The molecule has 0 aromatic carbocycles. The summed E-state index contributed by atoms with van der Waals surface area (Å²) in [5.74, 6) is -0.548. The van der Waals surface area contributed by atoms with Gasteiger partial charge in [0.25, 0.3) is 11.8 Å². The van der Waals surface area contributed by atoms with Crippen molar-refractivity contribution in [2.45, 2.75) is 18.9 Å². The number of rotatable bonds is 5. The highest BCUT2D eigenvalue weighted by Crippen LogP contribution is 2.18. The van der Waals surface area contributed by atoms with E-state index in [2.05, 4.69) is 11.9 Å². The molecule has 1 N–H and O–H groups in total. The fourth-order valence-electron chi connectivity index (χ4n) is 1.55. The minimum atomic E-state index is -0.274. The normalized spacial score (nSPS) is 21.4. The molecule has 0 aromatic heterocycles. The van der Waals surface area contributed by atoms with Gasteiger partial charge < -0.3 is 10.1 Å². The van der Waals surface area contributed by atoms with E-state index in [0.717, 1.165) is 5.57 Å². The van der Waals surface area contributed by atoms with Crippen LogP contribution in [0.25, 0.3) is 0 Å². The predicted octanol–water partition coefficient (Wildman–Crippen LogP) is -0.320. The highest BCUT2D eigenvalue weighted by Gasteiger charge is 2.27. The zero-order valence-corrected chi connectivity index (χ0v) is 9.20. The van der Waals surface area contributed by atoms with E-state index in [1.54, 1.807) is 0 Å². The van der Waals surface area contributed by atoms with Gasteiger partial charge >= 0.3 is 0 Å². The molecule has 88 valence electrons. The van der Waals surface area contributed by atoms with E-state index < -0.39 is 0 Å². The summed E-state index contributed by atoms with van der Waals surface area (Å²) < 4.78 is 4.83. The Morgan fingerprint density at radius 3 is 2.56 bits per heavy atom. The average molecular weight is 224 g/mol. The molecule has 0 atom stereocenters. The van der Waals surface area contributed by atoms with E-state index in [-0.39, 0.29) is 25.0 Å². The molecule has 2 aliphatic rings. The highest BCUT2D eigenvalue weighted by molar-refractivity contribution is 5.98. The van der Waals surface area contributed by atoms with Gasteiger partial charge in [-0.3, -0.25) is 14.5 Å². The molecule has 5 heteroatoms. The number of amides is 2. The van der Waals surface area contributed by atoms with Gasteiger partial charge in [0, 0.05) is 12.6 Å². The summed E-state index contributed by atoms with van der Waals surface area (Å²) in [7, 11) is 0. The second kappa shape index (κ2) is 4.76. The number of imide groups is 1. The molecule has 0 aromatic rings. The van der Waals surface area contributed by atoms with Crippen LogP contribution in [0.15, 0.2) is 12.2 Å². The first-order valence-corrected chi connectivity index (χ1v) is 5.48. The zero-order chi connectivity index (χ0) is 11.5. The molecule has 1 aliphatic carbocycles. The van der Waals surface area contributed by atoms with Crippen molar-refractivity contribution in [2.75, 3.05) is 26.3 Å². The quantitative estimate of drug-likeness (QED) is 0.513. The standard InChI is InChI=1S/C11H16N2O3/c1-8(4-12-9-2-3-9)5-13-10(14)6-16-7-11(13)15/h9,12H,1-7H2. The molecule has 1 saturated carbocycles. The van der Waals surface area contributed by atoms with Crippen LogP contribution in [-0.4, -0.2) is 49.1 Å². The van der Waals surface area contributed by atoms with Gasteiger partial charge in [0.1, 0.15) is 13.2 Å². The molecular weight excluding hydrogens is 208 g/mol. The van der Waals surface area contributed by atoms with E-state index >= 15 is 0 Å². The Morgan fingerprint density at radius 2 is 2.00 bits per heavy atom. The lowest BCUT2D eigenvalue weighted by Gasteiger charge is -2.25. The molecule has 0 radical (unpaired) electrons. The number of carbonyl (C=O) groups excluding carboxylic acids is 2. The van der Waals surface area contributed by atoms with E-state index in [4.69, 9.17) is 4.74 Å². The Labute approximate surface area is 94.4 Å². The number of ether oxygens (including phenoxy) is 1. The maximum atomic E-state index is 11.4. The van der Waals surface area contributed by atoms with Crippen LogP contribution in [-0.2, 0) is 14.3 Å². The first-order chi connectivity index (χ1) is 7.66. The van der Waals surface area contributed by atoms with E-state index in [9.17, 15) is 9.59 Å². The molecule has 16 heavy (non-hydrogen) atoms. The Morgan fingerprint density at radius 1 is 1.38 bits per heavy atom. The lowest BCUT2D eigenvalue weighted by molar-refractivity contribution is -0.157. The fraction of sp³-hybridized carbons (Fsp3) is 0.636. The Balaban J connectivity index is 1.79. The third-order valence-electron chi connectivity index (χ3n) is 2.65. The van der Waals surface area contributed by atoms with Crippen molar-refractivity contribution < 1.29 is 14.3 Å². The van der Waals surface area contributed by atoms with Gasteiger partial charge in [-0.15, -0.1) is 0 Å². The van der Waals surface area contributed by atoms with Crippen LogP contribution in [0.5, 0.6) is 0 Å². The van der Waals surface area contributed by atoms with E-state index in [1.165, 1.54) is 17.7 Å². The maximum absolute atomic E-state index is 11.4.